The Morgan fingerprint density at radius 1 is 1.07 bits per heavy atom. The summed E-state index contributed by atoms with van der Waals surface area (Å²) in [4.78, 5) is 12.5. The highest BCUT2D eigenvalue weighted by Crippen LogP contribution is 2.29. The summed E-state index contributed by atoms with van der Waals surface area (Å²) in [5, 5.41) is 0. The lowest BCUT2D eigenvalue weighted by Crippen LogP contribution is -2.32. The minimum absolute atomic E-state index is 0.0524. The van der Waals surface area contributed by atoms with E-state index in [2.05, 4.69) is 6.58 Å². The van der Waals surface area contributed by atoms with E-state index in [4.69, 9.17) is 0 Å². The van der Waals surface area contributed by atoms with Crippen LogP contribution in [-0.2, 0) is 21.4 Å². The molecule has 140 valence electrons. The standard InChI is InChI=1S/C22H23NO3S/c1-17-12-14-20(15-13-17)27(25,26)23(16-19-8-4-3-5-9-19)18(2)21-10-6-7-11-22(21)24/h3-5,8-10,12-15H,2,6-7,11,16H2,1H3. The molecule has 0 aromatic heterocycles. The van der Waals surface area contributed by atoms with Crippen LogP contribution >= 0.6 is 0 Å². The molecular formula is C22H23NO3S. The summed E-state index contributed by atoms with van der Waals surface area (Å²) in [6.07, 6.45) is 3.77. The summed E-state index contributed by atoms with van der Waals surface area (Å²) in [5.74, 6) is -0.0524. The van der Waals surface area contributed by atoms with Crippen molar-refractivity contribution < 1.29 is 13.2 Å². The lowest BCUT2D eigenvalue weighted by Gasteiger charge is -2.28. The van der Waals surface area contributed by atoms with Gasteiger partial charge in [0.1, 0.15) is 0 Å². The predicted molar refractivity (Wildman–Crippen MR) is 106 cm³/mol. The molecule has 5 heteroatoms. The van der Waals surface area contributed by atoms with Crippen LogP contribution in [0.5, 0.6) is 0 Å². The summed E-state index contributed by atoms with van der Waals surface area (Å²) < 4.78 is 28.0. The van der Waals surface area contributed by atoms with E-state index in [1.807, 2.05) is 37.3 Å². The van der Waals surface area contributed by atoms with E-state index >= 15 is 0 Å². The molecule has 1 aliphatic rings. The number of allylic oxidation sites excluding steroid dienone is 2. The molecule has 0 fully saturated rings. The molecule has 27 heavy (non-hydrogen) atoms. The van der Waals surface area contributed by atoms with Crippen LogP contribution in [0.25, 0.3) is 0 Å². The monoisotopic (exact) mass is 381 g/mol. The molecule has 0 N–H and O–H groups in total. The molecule has 0 heterocycles. The number of ketones is 1. The highest BCUT2D eigenvalue weighted by molar-refractivity contribution is 7.89. The number of aryl methyl sites for hydroxylation is 1. The van der Waals surface area contributed by atoms with Crippen LogP contribution in [0.1, 0.15) is 30.4 Å². The fourth-order valence-corrected chi connectivity index (χ4v) is 4.52. The van der Waals surface area contributed by atoms with Crippen molar-refractivity contribution in [1.82, 2.24) is 4.31 Å². The summed E-state index contributed by atoms with van der Waals surface area (Å²) in [6.45, 7) is 6.02. The van der Waals surface area contributed by atoms with Crippen molar-refractivity contribution in [3.63, 3.8) is 0 Å². The Kier molecular flexibility index (Phi) is 5.61. The minimum atomic E-state index is -3.85. The summed E-state index contributed by atoms with van der Waals surface area (Å²) >= 11 is 0. The number of carbonyl (C=O) groups is 1. The van der Waals surface area contributed by atoms with Crippen molar-refractivity contribution in [1.29, 1.82) is 0 Å². The van der Waals surface area contributed by atoms with Gasteiger partial charge in [-0.25, -0.2) is 8.42 Å². The molecule has 0 bridgehead atoms. The fraction of sp³-hybridized carbons (Fsp3) is 0.227. The summed E-state index contributed by atoms with van der Waals surface area (Å²) in [7, 11) is -3.85. The molecule has 1 aliphatic carbocycles. The average molecular weight is 381 g/mol. The smallest absolute Gasteiger partial charge is 0.264 e. The normalized spacial score (nSPS) is 14.6. The van der Waals surface area contributed by atoms with Crippen LogP contribution in [0.3, 0.4) is 0 Å². The van der Waals surface area contributed by atoms with Gasteiger partial charge in [-0.3, -0.25) is 9.10 Å². The number of carbonyl (C=O) groups excluding carboxylic acids is 1. The number of hydrogen-bond donors (Lipinski definition) is 0. The Labute approximate surface area is 160 Å². The third-order valence-corrected chi connectivity index (χ3v) is 6.44. The van der Waals surface area contributed by atoms with Crippen molar-refractivity contribution in [2.45, 2.75) is 37.6 Å². The van der Waals surface area contributed by atoms with Gasteiger partial charge < -0.3 is 0 Å². The zero-order valence-corrected chi connectivity index (χ0v) is 16.2. The van der Waals surface area contributed by atoms with Gasteiger partial charge in [-0.1, -0.05) is 60.7 Å². The SMILES string of the molecule is C=C(C1=CCCCC1=O)N(Cc1ccccc1)S(=O)(=O)c1ccc(C)cc1. The highest BCUT2D eigenvalue weighted by Gasteiger charge is 2.30. The second kappa shape index (κ2) is 7.92. The van der Waals surface area contributed by atoms with Crippen molar-refractivity contribution in [3.8, 4) is 0 Å². The number of Topliss-reactive ketones (excluding diaryl/α,β-unsaturated/α-hetero) is 1. The van der Waals surface area contributed by atoms with E-state index < -0.39 is 10.0 Å². The van der Waals surface area contributed by atoms with E-state index in [1.54, 1.807) is 30.3 Å². The van der Waals surface area contributed by atoms with Gasteiger partial charge in [-0.2, -0.15) is 0 Å². The van der Waals surface area contributed by atoms with Gasteiger partial charge in [0.05, 0.1) is 17.1 Å². The Morgan fingerprint density at radius 2 is 1.74 bits per heavy atom. The van der Waals surface area contributed by atoms with E-state index in [0.717, 1.165) is 24.0 Å². The molecule has 4 nitrogen and oxygen atoms in total. The van der Waals surface area contributed by atoms with Gasteiger partial charge in [0.2, 0.25) is 0 Å². The van der Waals surface area contributed by atoms with E-state index in [-0.39, 0.29) is 22.9 Å². The first-order chi connectivity index (χ1) is 12.9. The second-order valence-corrected chi connectivity index (χ2v) is 8.55. The maximum atomic E-state index is 13.4. The van der Waals surface area contributed by atoms with Crippen LogP contribution in [0.4, 0.5) is 0 Å². The Morgan fingerprint density at radius 3 is 2.37 bits per heavy atom. The molecule has 0 unspecified atom stereocenters. The Balaban J connectivity index is 2.04. The zero-order valence-electron chi connectivity index (χ0n) is 15.4. The molecule has 0 saturated carbocycles. The molecule has 0 atom stereocenters. The average Bonchev–Trinajstić information content (AvgIpc) is 2.67. The van der Waals surface area contributed by atoms with Gasteiger partial charge in [-0.05, 0) is 37.5 Å². The van der Waals surface area contributed by atoms with Gasteiger partial charge >= 0.3 is 0 Å². The maximum absolute atomic E-state index is 13.4. The lowest BCUT2D eigenvalue weighted by atomic mass is 9.96. The van der Waals surface area contributed by atoms with E-state index in [0.29, 0.717) is 12.0 Å². The molecule has 0 amide bonds. The predicted octanol–water partition coefficient (Wildman–Crippen LogP) is 4.38. The summed E-state index contributed by atoms with van der Waals surface area (Å²) in [5.41, 5.74) is 2.46. The molecule has 2 aromatic carbocycles. The first kappa shape index (κ1) is 19.1. The second-order valence-electron chi connectivity index (χ2n) is 6.69. The number of nitrogens with zero attached hydrogens (tertiary/aromatic N) is 1. The number of sulfonamides is 1. The molecule has 0 aliphatic heterocycles. The van der Waals surface area contributed by atoms with Crippen molar-refractivity contribution in [3.05, 3.63) is 89.6 Å². The fourth-order valence-electron chi connectivity index (χ4n) is 3.08. The van der Waals surface area contributed by atoms with Gasteiger partial charge in [0.25, 0.3) is 10.0 Å². The number of hydrogen-bond acceptors (Lipinski definition) is 3. The van der Waals surface area contributed by atoms with Crippen LogP contribution in [0, 0.1) is 6.92 Å². The third kappa shape index (κ3) is 4.19. The van der Waals surface area contributed by atoms with Crippen molar-refractivity contribution >= 4 is 15.8 Å². The molecular weight excluding hydrogens is 358 g/mol. The largest absolute Gasteiger partial charge is 0.294 e. The van der Waals surface area contributed by atoms with Gasteiger partial charge in [0, 0.05) is 12.0 Å². The van der Waals surface area contributed by atoms with Gasteiger partial charge in [0.15, 0.2) is 5.78 Å². The lowest BCUT2D eigenvalue weighted by molar-refractivity contribution is -0.115. The van der Waals surface area contributed by atoms with Crippen molar-refractivity contribution in [2.24, 2.45) is 0 Å². The zero-order chi connectivity index (χ0) is 19.4. The topological polar surface area (TPSA) is 54.5 Å². The van der Waals surface area contributed by atoms with E-state index in [1.165, 1.54) is 4.31 Å². The quantitative estimate of drug-likeness (QED) is 0.746. The molecule has 3 rings (SSSR count). The summed E-state index contributed by atoms with van der Waals surface area (Å²) in [6, 6.07) is 16.0. The van der Waals surface area contributed by atoms with E-state index in [9.17, 15) is 13.2 Å². The molecule has 0 saturated heterocycles. The van der Waals surface area contributed by atoms with Crippen LogP contribution < -0.4 is 0 Å². The van der Waals surface area contributed by atoms with Gasteiger partial charge in [-0.15, -0.1) is 0 Å². The minimum Gasteiger partial charge on any atom is -0.294 e. The first-order valence-corrected chi connectivity index (χ1v) is 10.4. The molecule has 0 radical (unpaired) electrons. The van der Waals surface area contributed by atoms with Crippen molar-refractivity contribution in [2.75, 3.05) is 0 Å². The third-order valence-electron chi connectivity index (χ3n) is 4.65. The Bertz CT molecular complexity index is 974. The van der Waals surface area contributed by atoms with Crippen LogP contribution in [0.2, 0.25) is 0 Å². The van der Waals surface area contributed by atoms with Crippen LogP contribution in [-0.4, -0.2) is 18.5 Å². The van der Waals surface area contributed by atoms with Crippen LogP contribution in [0.15, 0.2) is 83.4 Å². The molecule has 0 spiro atoms. The number of benzene rings is 2. The first-order valence-electron chi connectivity index (χ1n) is 8.95. The Hall–Kier alpha value is -2.66. The number of rotatable bonds is 6. The highest BCUT2D eigenvalue weighted by atomic mass is 32.2. The molecule has 2 aromatic rings. The maximum Gasteiger partial charge on any atom is 0.264 e.